The quantitative estimate of drug-likeness (QED) is 0.565. The molecule has 0 saturated carbocycles. The van der Waals surface area contributed by atoms with Crippen molar-refractivity contribution in [2.75, 3.05) is 0 Å². The van der Waals surface area contributed by atoms with Gasteiger partial charge in [0.25, 0.3) is 0 Å². The van der Waals surface area contributed by atoms with Crippen LogP contribution < -0.4 is 0 Å². The number of hydrogen-bond donors (Lipinski definition) is 3. The maximum Gasteiger partial charge on any atom is 0.206 e. The van der Waals surface area contributed by atoms with Crippen LogP contribution in [-0.2, 0) is 5.60 Å². The van der Waals surface area contributed by atoms with E-state index in [1.807, 2.05) is 0 Å². The molecule has 1 aromatic carbocycles. The summed E-state index contributed by atoms with van der Waals surface area (Å²) in [5, 5.41) is 27.7. The Balaban J connectivity index is 2.98. The normalized spacial score (nSPS) is 12.2. The number of hydrogen-bond acceptors (Lipinski definition) is 4. The molecule has 0 aliphatic carbocycles. The Hall–Kier alpha value is -0.260. The molecule has 0 aromatic heterocycles. The van der Waals surface area contributed by atoms with E-state index in [1.165, 1.54) is 0 Å². The van der Waals surface area contributed by atoms with Gasteiger partial charge in [-0.05, 0) is 31.5 Å². The van der Waals surface area contributed by atoms with E-state index in [4.69, 9.17) is 21.8 Å². The minimum absolute atomic E-state index is 0.396. The predicted octanol–water partition coefficient (Wildman–Crippen LogP) is 1.93. The van der Waals surface area contributed by atoms with Crippen LogP contribution in [0.1, 0.15) is 19.4 Å². The van der Waals surface area contributed by atoms with Crippen molar-refractivity contribution < 1.29 is 15.3 Å². The SMILES string of the molecule is CC(C)(O)c1ccc(SC(O)O)c(Cl)c1. The van der Waals surface area contributed by atoms with Crippen molar-refractivity contribution in [1.82, 2.24) is 0 Å². The lowest BCUT2D eigenvalue weighted by Crippen LogP contribution is -2.15. The van der Waals surface area contributed by atoms with E-state index >= 15 is 0 Å². The minimum atomic E-state index is -1.49. The lowest BCUT2D eigenvalue weighted by Gasteiger charge is -2.18. The zero-order valence-corrected chi connectivity index (χ0v) is 10.0. The Morgan fingerprint density at radius 3 is 2.33 bits per heavy atom. The molecule has 0 aliphatic rings. The first kappa shape index (κ1) is 12.8. The van der Waals surface area contributed by atoms with E-state index in [-0.39, 0.29) is 0 Å². The summed E-state index contributed by atoms with van der Waals surface area (Å²) in [7, 11) is 0. The second-order valence-electron chi connectivity index (χ2n) is 3.65. The average molecular weight is 249 g/mol. The molecule has 0 amide bonds. The fraction of sp³-hybridized carbons (Fsp3) is 0.400. The van der Waals surface area contributed by atoms with Crippen molar-refractivity contribution in [2.24, 2.45) is 0 Å². The summed E-state index contributed by atoms with van der Waals surface area (Å²) in [6.07, 6.45) is 0. The second-order valence-corrected chi connectivity index (χ2v) is 5.15. The van der Waals surface area contributed by atoms with Crippen LogP contribution in [0.3, 0.4) is 0 Å². The fourth-order valence-corrected chi connectivity index (χ4v) is 1.95. The highest BCUT2D eigenvalue weighted by Crippen LogP contribution is 2.32. The zero-order chi connectivity index (χ0) is 11.6. The predicted molar refractivity (Wildman–Crippen MR) is 60.8 cm³/mol. The van der Waals surface area contributed by atoms with Crippen molar-refractivity contribution >= 4 is 23.4 Å². The van der Waals surface area contributed by atoms with Crippen LogP contribution in [0, 0.1) is 0 Å². The monoisotopic (exact) mass is 248 g/mol. The molecule has 0 heterocycles. The number of rotatable bonds is 3. The topological polar surface area (TPSA) is 60.7 Å². The molecule has 0 spiro atoms. The zero-order valence-electron chi connectivity index (χ0n) is 8.44. The Bertz CT molecular complexity index is 347. The molecule has 0 bridgehead atoms. The largest absolute Gasteiger partial charge is 0.386 e. The van der Waals surface area contributed by atoms with Gasteiger partial charge >= 0.3 is 0 Å². The number of aliphatic hydroxyl groups is 3. The van der Waals surface area contributed by atoms with Crippen molar-refractivity contribution in [3.63, 3.8) is 0 Å². The maximum absolute atomic E-state index is 9.72. The van der Waals surface area contributed by atoms with Crippen LogP contribution in [-0.4, -0.2) is 20.9 Å². The summed E-state index contributed by atoms with van der Waals surface area (Å²) in [5.74, 6) is 0. The summed E-state index contributed by atoms with van der Waals surface area (Å²) >= 11 is 6.77. The summed E-state index contributed by atoms with van der Waals surface area (Å²) in [4.78, 5) is 0.569. The number of benzene rings is 1. The maximum atomic E-state index is 9.72. The Labute approximate surface area is 97.7 Å². The molecule has 0 radical (unpaired) electrons. The molecule has 3 N–H and O–H groups in total. The third kappa shape index (κ3) is 3.66. The molecule has 1 aromatic rings. The van der Waals surface area contributed by atoms with Gasteiger partial charge in [-0.2, -0.15) is 0 Å². The highest BCUT2D eigenvalue weighted by Gasteiger charge is 2.17. The molecule has 0 aliphatic heterocycles. The van der Waals surface area contributed by atoms with Crippen LogP contribution >= 0.6 is 23.4 Å². The molecule has 0 unspecified atom stereocenters. The summed E-state index contributed by atoms with van der Waals surface area (Å²) in [6, 6.07) is 4.97. The van der Waals surface area contributed by atoms with E-state index in [1.54, 1.807) is 32.0 Å². The molecule has 15 heavy (non-hydrogen) atoms. The molecule has 5 heteroatoms. The standard InChI is InChI=1S/C10H13ClO3S/c1-10(2,14)6-3-4-8(7(11)5-6)15-9(12)13/h3-5,9,12-14H,1-2H3. The van der Waals surface area contributed by atoms with Gasteiger partial charge < -0.3 is 15.3 Å². The van der Waals surface area contributed by atoms with E-state index in [9.17, 15) is 5.11 Å². The molecular formula is C10H13ClO3S. The minimum Gasteiger partial charge on any atom is -0.386 e. The number of halogens is 1. The second kappa shape index (κ2) is 4.72. The third-order valence-corrected chi connectivity index (χ3v) is 3.12. The number of aliphatic hydroxyl groups excluding tert-OH is 1. The van der Waals surface area contributed by atoms with Crippen LogP contribution in [0.15, 0.2) is 23.1 Å². The smallest absolute Gasteiger partial charge is 0.206 e. The van der Waals surface area contributed by atoms with E-state index in [0.717, 1.165) is 11.8 Å². The van der Waals surface area contributed by atoms with Crippen LogP contribution in [0.2, 0.25) is 5.02 Å². The van der Waals surface area contributed by atoms with E-state index in [2.05, 4.69) is 0 Å². The van der Waals surface area contributed by atoms with Gasteiger partial charge in [0.15, 0.2) is 0 Å². The lowest BCUT2D eigenvalue weighted by atomic mass is 9.99. The first-order valence-corrected chi connectivity index (χ1v) is 5.61. The highest BCUT2D eigenvalue weighted by molar-refractivity contribution is 7.99. The Morgan fingerprint density at radius 2 is 1.93 bits per heavy atom. The van der Waals surface area contributed by atoms with Gasteiger partial charge in [-0.25, -0.2) is 0 Å². The third-order valence-electron chi connectivity index (χ3n) is 1.87. The van der Waals surface area contributed by atoms with Gasteiger partial charge in [0, 0.05) is 4.90 Å². The first-order chi connectivity index (χ1) is 6.80. The lowest BCUT2D eigenvalue weighted by molar-refractivity contribution is 0.0405. The van der Waals surface area contributed by atoms with Gasteiger partial charge in [0.1, 0.15) is 0 Å². The Kier molecular flexibility index (Phi) is 4.03. The van der Waals surface area contributed by atoms with Crippen molar-refractivity contribution in [3.05, 3.63) is 28.8 Å². The van der Waals surface area contributed by atoms with Crippen LogP contribution in [0.25, 0.3) is 0 Å². The molecular weight excluding hydrogens is 236 g/mol. The Morgan fingerprint density at radius 1 is 1.33 bits per heavy atom. The molecule has 0 saturated heterocycles. The average Bonchev–Trinajstić information content (AvgIpc) is 2.05. The fourth-order valence-electron chi connectivity index (χ4n) is 1.09. The summed E-state index contributed by atoms with van der Waals surface area (Å²) in [6.45, 7) is 3.32. The van der Waals surface area contributed by atoms with Crippen molar-refractivity contribution in [3.8, 4) is 0 Å². The number of thioether (sulfide) groups is 1. The van der Waals surface area contributed by atoms with Crippen LogP contribution in [0.4, 0.5) is 0 Å². The van der Waals surface area contributed by atoms with E-state index < -0.39 is 11.2 Å². The van der Waals surface area contributed by atoms with Gasteiger partial charge in [-0.3, -0.25) is 0 Å². The molecule has 0 fully saturated rings. The highest BCUT2D eigenvalue weighted by atomic mass is 35.5. The molecule has 1 rings (SSSR count). The molecule has 84 valence electrons. The van der Waals surface area contributed by atoms with Crippen LogP contribution in [0.5, 0.6) is 0 Å². The van der Waals surface area contributed by atoms with Gasteiger partial charge in [0.05, 0.1) is 10.6 Å². The first-order valence-electron chi connectivity index (χ1n) is 4.36. The molecule has 0 atom stereocenters. The van der Waals surface area contributed by atoms with Gasteiger partial charge in [0.2, 0.25) is 5.62 Å². The summed E-state index contributed by atoms with van der Waals surface area (Å²) < 4.78 is 0. The summed E-state index contributed by atoms with van der Waals surface area (Å²) in [5.41, 5.74) is -1.76. The van der Waals surface area contributed by atoms with Gasteiger partial charge in [-0.1, -0.05) is 29.4 Å². The van der Waals surface area contributed by atoms with Gasteiger partial charge in [-0.15, -0.1) is 0 Å². The molecule has 3 nitrogen and oxygen atoms in total. The van der Waals surface area contributed by atoms with Crippen molar-refractivity contribution in [1.29, 1.82) is 0 Å². The van der Waals surface area contributed by atoms with Crippen molar-refractivity contribution in [2.45, 2.75) is 30.0 Å². The van der Waals surface area contributed by atoms with E-state index in [0.29, 0.717) is 15.5 Å².